The van der Waals surface area contributed by atoms with E-state index in [-0.39, 0.29) is 11.8 Å². The topological polar surface area (TPSA) is 79.0 Å². The fourth-order valence-corrected chi connectivity index (χ4v) is 3.26. The van der Waals surface area contributed by atoms with Crippen molar-refractivity contribution in [3.05, 3.63) is 35.4 Å². The zero-order chi connectivity index (χ0) is 17.3. The van der Waals surface area contributed by atoms with Gasteiger partial charge in [0, 0.05) is 31.7 Å². The summed E-state index contributed by atoms with van der Waals surface area (Å²) in [5.74, 6) is -2.25. The van der Waals surface area contributed by atoms with E-state index in [1.54, 1.807) is 29.2 Å². The maximum atomic E-state index is 13.0. The van der Waals surface area contributed by atoms with E-state index in [1.807, 2.05) is 7.05 Å². The van der Waals surface area contributed by atoms with E-state index in [1.165, 1.54) is 7.11 Å². The van der Waals surface area contributed by atoms with Crippen LogP contribution in [0.4, 0.5) is 0 Å². The van der Waals surface area contributed by atoms with Gasteiger partial charge in [0.1, 0.15) is 0 Å². The van der Waals surface area contributed by atoms with E-state index in [0.717, 1.165) is 13.1 Å². The van der Waals surface area contributed by atoms with Crippen molar-refractivity contribution in [2.75, 3.05) is 40.3 Å². The van der Waals surface area contributed by atoms with Gasteiger partial charge in [-0.2, -0.15) is 0 Å². The predicted octanol–water partition coefficient (Wildman–Crippen LogP) is 0.0343. The molecule has 7 nitrogen and oxygen atoms in total. The Bertz CT molecular complexity index is 668. The van der Waals surface area contributed by atoms with Crippen LogP contribution >= 0.6 is 0 Å². The lowest BCUT2D eigenvalue weighted by Crippen LogP contribution is -2.52. The standard InChI is InChI=1S/C17H21N3O4/c1-19-7-9-20(10-8-19)16(22)13(17(23)24-2)14-11-5-3-4-6-12(11)15(21)18-14/h3-6,13-14H,7-10H2,1-2H3,(H,18,21). The van der Waals surface area contributed by atoms with Crippen LogP contribution in [-0.2, 0) is 14.3 Å². The first-order chi connectivity index (χ1) is 11.5. The van der Waals surface area contributed by atoms with E-state index in [4.69, 9.17) is 4.74 Å². The number of piperazine rings is 1. The molecular formula is C17H21N3O4. The maximum Gasteiger partial charge on any atom is 0.320 e. The average molecular weight is 331 g/mol. The second-order valence-corrected chi connectivity index (χ2v) is 6.17. The highest BCUT2D eigenvalue weighted by Crippen LogP contribution is 2.33. The van der Waals surface area contributed by atoms with Crippen LogP contribution in [0.1, 0.15) is 22.0 Å². The van der Waals surface area contributed by atoms with Crippen LogP contribution in [0, 0.1) is 5.92 Å². The number of ether oxygens (including phenoxy) is 1. The fraction of sp³-hybridized carbons (Fsp3) is 0.471. The third-order valence-corrected chi connectivity index (χ3v) is 4.70. The molecule has 1 fully saturated rings. The second-order valence-electron chi connectivity index (χ2n) is 6.17. The first-order valence-corrected chi connectivity index (χ1v) is 7.98. The van der Waals surface area contributed by atoms with Crippen LogP contribution in [0.5, 0.6) is 0 Å². The van der Waals surface area contributed by atoms with E-state index in [2.05, 4.69) is 10.2 Å². The van der Waals surface area contributed by atoms with Crippen molar-refractivity contribution < 1.29 is 19.1 Å². The van der Waals surface area contributed by atoms with Gasteiger partial charge >= 0.3 is 5.97 Å². The summed E-state index contributed by atoms with van der Waals surface area (Å²) in [5.41, 5.74) is 1.17. The molecule has 2 unspecified atom stereocenters. The van der Waals surface area contributed by atoms with E-state index >= 15 is 0 Å². The number of nitrogens with one attached hydrogen (secondary N) is 1. The van der Waals surface area contributed by atoms with Crippen LogP contribution < -0.4 is 5.32 Å². The summed E-state index contributed by atoms with van der Waals surface area (Å²) in [5, 5.41) is 2.77. The number of carbonyl (C=O) groups is 3. The minimum Gasteiger partial charge on any atom is -0.468 e. The lowest BCUT2D eigenvalue weighted by molar-refractivity contribution is -0.155. The maximum absolute atomic E-state index is 13.0. The largest absolute Gasteiger partial charge is 0.468 e. The molecule has 1 aromatic carbocycles. The van der Waals surface area contributed by atoms with Crippen LogP contribution in [0.3, 0.4) is 0 Å². The number of rotatable bonds is 3. The Hall–Kier alpha value is -2.41. The summed E-state index contributed by atoms with van der Waals surface area (Å²) in [6, 6.07) is 6.33. The van der Waals surface area contributed by atoms with Crippen molar-refractivity contribution in [3.63, 3.8) is 0 Å². The Morgan fingerprint density at radius 3 is 2.54 bits per heavy atom. The smallest absolute Gasteiger partial charge is 0.320 e. The fourth-order valence-electron chi connectivity index (χ4n) is 3.26. The quantitative estimate of drug-likeness (QED) is 0.625. The molecule has 2 aliphatic heterocycles. The lowest BCUT2D eigenvalue weighted by atomic mass is 9.91. The Morgan fingerprint density at radius 2 is 1.88 bits per heavy atom. The molecule has 0 radical (unpaired) electrons. The Labute approximate surface area is 140 Å². The number of esters is 1. The molecule has 2 aliphatic rings. The molecule has 0 aliphatic carbocycles. The molecule has 1 saturated heterocycles. The molecule has 128 valence electrons. The van der Waals surface area contributed by atoms with Crippen LogP contribution in [-0.4, -0.2) is 67.9 Å². The zero-order valence-corrected chi connectivity index (χ0v) is 13.8. The highest BCUT2D eigenvalue weighted by atomic mass is 16.5. The molecule has 2 amide bonds. The molecule has 1 N–H and O–H groups in total. The second kappa shape index (κ2) is 6.60. The number of carbonyl (C=O) groups excluding carboxylic acids is 3. The summed E-state index contributed by atoms with van der Waals surface area (Å²) in [4.78, 5) is 41.2. The van der Waals surface area contributed by atoms with Gasteiger partial charge in [0.2, 0.25) is 5.91 Å². The summed E-state index contributed by atoms with van der Waals surface area (Å²) in [7, 11) is 3.25. The zero-order valence-electron chi connectivity index (χ0n) is 13.8. The number of nitrogens with zero attached hydrogens (tertiary/aromatic N) is 2. The minimum atomic E-state index is -1.06. The molecule has 7 heteroatoms. The van der Waals surface area contributed by atoms with Gasteiger partial charge in [0.05, 0.1) is 13.2 Å². The van der Waals surface area contributed by atoms with Gasteiger partial charge in [-0.25, -0.2) is 0 Å². The molecule has 1 aromatic rings. The van der Waals surface area contributed by atoms with Gasteiger partial charge in [0.15, 0.2) is 5.92 Å². The van der Waals surface area contributed by atoms with Gasteiger partial charge in [0.25, 0.3) is 5.91 Å². The number of likely N-dealkylation sites (N-methyl/N-ethyl adjacent to an activating group) is 1. The summed E-state index contributed by atoms with van der Waals surface area (Å²) in [6.07, 6.45) is 0. The normalized spacial score (nSPS) is 21.8. The van der Waals surface area contributed by atoms with Crippen LogP contribution in [0.25, 0.3) is 0 Å². The van der Waals surface area contributed by atoms with Crippen molar-refractivity contribution in [1.82, 2.24) is 15.1 Å². The molecule has 24 heavy (non-hydrogen) atoms. The molecule has 0 saturated carbocycles. The number of hydrogen-bond acceptors (Lipinski definition) is 5. The Kier molecular flexibility index (Phi) is 4.53. The molecule has 2 heterocycles. The van der Waals surface area contributed by atoms with E-state index < -0.39 is 17.9 Å². The van der Waals surface area contributed by atoms with Gasteiger partial charge in [-0.05, 0) is 18.7 Å². The number of methoxy groups -OCH3 is 1. The monoisotopic (exact) mass is 331 g/mol. The Balaban J connectivity index is 1.89. The van der Waals surface area contributed by atoms with Crippen molar-refractivity contribution in [2.24, 2.45) is 5.92 Å². The van der Waals surface area contributed by atoms with E-state index in [9.17, 15) is 14.4 Å². The average Bonchev–Trinajstić information content (AvgIpc) is 2.92. The van der Waals surface area contributed by atoms with Crippen molar-refractivity contribution in [1.29, 1.82) is 0 Å². The summed E-state index contributed by atoms with van der Waals surface area (Å²) < 4.78 is 4.86. The summed E-state index contributed by atoms with van der Waals surface area (Å²) >= 11 is 0. The molecular weight excluding hydrogens is 310 g/mol. The molecule has 3 rings (SSSR count). The lowest BCUT2D eigenvalue weighted by Gasteiger charge is -2.35. The Morgan fingerprint density at radius 1 is 1.21 bits per heavy atom. The highest BCUT2D eigenvalue weighted by Gasteiger charge is 2.44. The predicted molar refractivity (Wildman–Crippen MR) is 86.2 cm³/mol. The first kappa shape index (κ1) is 16.4. The molecule has 0 spiro atoms. The van der Waals surface area contributed by atoms with Crippen molar-refractivity contribution in [3.8, 4) is 0 Å². The minimum absolute atomic E-state index is 0.268. The van der Waals surface area contributed by atoms with Crippen molar-refractivity contribution in [2.45, 2.75) is 6.04 Å². The third kappa shape index (κ3) is 2.87. The third-order valence-electron chi connectivity index (χ3n) is 4.70. The highest BCUT2D eigenvalue weighted by molar-refractivity contribution is 6.04. The van der Waals surface area contributed by atoms with Crippen LogP contribution in [0.15, 0.2) is 24.3 Å². The number of benzene rings is 1. The first-order valence-electron chi connectivity index (χ1n) is 7.98. The molecule has 2 atom stereocenters. The van der Waals surface area contributed by atoms with Gasteiger partial charge in [-0.3, -0.25) is 14.4 Å². The number of amides is 2. The van der Waals surface area contributed by atoms with Crippen molar-refractivity contribution >= 4 is 17.8 Å². The number of fused-ring (bicyclic) bond motifs is 1. The van der Waals surface area contributed by atoms with Crippen LogP contribution in [0.2, 0.25) is 0 Å². The SMILES string of the molecule is COC(=O)C(C(=O)N1CCN(C)CC1)C1NC(=O)c2ccccc21. The molecule has 0 bridgehead atoms. The van der Waals surface area contributed by atoms with Gasteiger partial charge < -0.3 is 19.9 Å². The van der Waals surface area contributed by atoms with Gasteiger partial charge in [-0.1, -0.05) is 18.2 Å². The number of hydrogen-bond donors (Lipinski definition) is 1. The summed E-state index contributed by atoms with van der Waals surface area (Å²) in [6.45, 7) is 2.64. The van der Waals surface area contributed by atoms with Gasteiger partial charge in [-0.15, -0.1) is 0 Å². The van der Waals surface area contributed by atoms with E-state index in [0.29, 0.717) is 24.2 Å². The molecule has 0 aromatic heterocycles.